The highest BCUT2D eigenvalue weighted by molar-refractivity contribution is 5.03. The number of hydrogen-bond acceptors (Lipinski definition) is 3. The van der Waals surface area contributed by atoms with E-state index in [4.69, 9.17) is 5.73 Å². The van der Waals surface area contributed by atoms with E-state index in [9.17, 15) is 0 Å². The van der Waals surface area contributed by atoms with Crippen LogP contribution in [0.15, 0.2) is 12.3 Å². The SMILES string of the molecule is CC(C)Cc1ccnc(CCCN)n1. The van der Waals surface area contributed by atoms with Crippen molar-refractivity contribution in [3.05, 3.63) is 23.8 Å². The molecule has 14 heavy (non-hydrogen) atoms. The van der Waals surface area contributed by atoms with Crippen molar-refractivity contribution in [2.45, 2.75) is 33.1 Å². The Morgan fingerprint density at radius 2 is 2.21 bits per heavy atom. The topological polar surface area (TPSA) is 51.8 Å². The molecule has 0 atom stereocenters. The molecule has 0 unspecified atom stereocenters. The van der Waals surface area contributed by atoms with Gasteiger partial charge in [-0.3, -0.25) is 0 Å². The van der Waals surface area contributed by atoms with Gasteiger partial charge in [0.05, 0.1) is 0 Å². The zero-order valence-electron chi connectivity index (χ0n) is 9.03. The number of aromatic nitrogens is 2. The molecule has 1 rings (SSSR count). The zero-order chi connectivity index (χ0) is 10.4. The van der Waals surface area contributed by atoms with Crippen LogP contribution in [0.25, 0.3) is 0 Å². The number of rotatable bonds is 5. The summed E-state index contributed by atoms with van der Waals surface area (Å²) in [5, 5.41) is 0. The normalized spacial score (nSPS) is 10.9. The number of nitrogens with two attached hydrogens (primary N) is 1. The molecule has 0 aromatic carbocycles. The van der Waals surface area contributed by atoms with Gasteiger partial charge in [-0.15, -0.1) is 0 Å². The van der Waals surface area contributed by atoms with Crippen LogP contribution in [-0.4, -0.2) is 16.5 Å². The van der Waals surface area contributed by atoms with Crippen molar-refractivity contribution in [3.63, 3.8) is 0 Å². The van der Waals surface area contributed by atoms with Crippen LogP contribution >= 0.6 is 0 Å². The highest BCUT2D eigenvalue weighted by Gasteiger charge is 2.01. The Labute approximate surface area is 85.8 Å². The first kappa shape index (κ1) is 11.1. The van der Waals surface area contributed by atoms with Crippen LogP contribution < -0.4 is 5.73 Å². The second kappa shape index (κ2) is 5.70. The zero-order valence-corrected chi connectivity index (χ0v) is 9.03. The van der Waals surface area contributed by atoms with E-state index in [1.54, 1.807) is 0 Å². The third-order valence-electron chi connectivity index (χ3n) is 1.99. The summed E-state index contributed by atoms with van der Waals surface area (Å²) < 4.78 is 0. The van der Waals surface area contributed by atoms with Crippen molar-refractivity contribution in [3.8, 4) is 0 Å². The second-order valence-electron chi connectivity index (χ2n) is 3.95. The number of nitrogens with zero attached hydrogens (tertiary/aromatic N) is 2. The van der Waals surface area contributed by atoms with Crippen molar-refractivity contribution in [1.29, 1.82) is 0 Å². The van der Waals surface area contributed by atoms with E-state index in [2.05, 4.69) is 23.8 Å². The van der Waals surface area contributed by atoms with Gasteiger partial charge in [-0.2, -0.15) is 0 Å². The molecule has 3 heteroatoms. The van der Waals surface area contributed by atoms with Gasteiger partial charge in [0.1, 0.15) is 5.82 Å². The van der Waals surface area contributed by atoms with Gasteiger partial charge in [0, 0.05) is 18.3 Å². The van der Waals surface area contributed by atoms with Crippen LogP contribution in [0.4, 0.5) is 0 Å². The van der Waals surface area contributed by atoms with Crippen LogP contribution in [0.5, 0.6) is 0 Å². The molecular formula is C11H19N3. The molecule has 0 amide bonds. The molecule has 1 aromatic heterocycles. The molecule has 0 bridgehead atoms. The molecule has 78 valence electrons. The maximum atomic E-state index is 5.44. The fourth-order valence-corrected chi connectivity index (χ4v) is 1.35. The lowest BCUT2D eigenvalue weighted by atomic mass is 10.1. The summed E-state index contributed by atoms with van der Waals surface area (Å²) in [6.07, 6.45) is 4.72. The van der Waals surface area contributed by atoms with E-state index in [-0.39, 0.29) is 0 Å². The van der Waals surface area contributed by atoms with Gasteiger partial charge >= 0.3 is 0 Å². The third kappa shape index (κ3) is 3.83. The Balaban J connectivity index is 2.59. The largest absolute Gasteiger partial charge is 0.330 e. The lowest BCUT2D eigenvalue weighted by Gasteiger charge is -2.05. The molecule has 3 nitrogen and oxygen atoms in total. The van der Waals surface area contributed by atoms with Gasteiger partial charge in [-0.25, -0.2) is 9.97 Å². The van der Waals surface area contributed by atoms with Gasteiger partial charge in [-0.1, -0.05) is 13.8 Å². The molecule has 1 heterocycles. The van der Waals surface area contributed by atoms with Crippen molar-refractivity contribution < 1.29 is 0 Å². The second-order valence-corrected chi connectivity index (χ2v) is 3.95. The molecular weight excluding hydrogens is 174 g/mol. The molecule has 0 aliphatic heterocycles. The Hall–Kier alpha value is -0.960. The van der Waals surface area contributed by atoms with E-state index in [0.717, 1.165) is 30.8 Å². The van der Waals surface area contributed by atoms with Crippen LogP contribution in [0, 0.1) is 5.92 Å². The molecule has 0 aliphatic carbocycles. The molecule has 1 aromatic rings. The molecule has 0 saturated carbocycles. The standard InChI is InChI=1S/C11H19N3/c1-9(2)8-10-5-7-13-11(14-10)4-3-6-12/h5,7,9H,3-4,6,8,12H2,1-2H3. The van der Waals surface area contributed by atoms with E-state index in [1.807, 2.05) is 12.3 Å². The van der Waals surface area contributed by atoms with E-state index in [0.29, 0.717) is 12.5 Å². The van der Waals surface area contributed by atoms with Crippen molar-refractivity contribution in [1.82, 2.24) is 9.97 Å². The van der Waals surface area contributed by atoms with Gasteiger partial charge in [0.15, 0.2) is 0 Å². The van der Waals surface area contributed by atoms with Gasteiger partial charge in [0.25, 0.3) is 0 Å². The summed E-state index contributed by atoms with van der Waals surface area (Å²) in [4.78, 5) is 8.70. The molecule has 0 saturated heterocycles. The smallest absolute Gasteiger partial charge is 0.128 e. The van der Waals surface area contributed by atoms with Crippen LogP contribution in [-0.2, 0) is 12.8 Å². The minimum Gasteiger partial charge on any atom is -0.330 e. The maximum Gasteiger partial charge on any atom is 0.128 e. The van der Waals surface area contributed by atoms with Gasteiger partial charge in [0.2, 0.25) is 0 Å². The lowest BCUT2D eigenvalue weighted by molar-refractivity contribution is 0.628. The summed E-state index contributed by atoms with van der Waals surface area (Å²) in [6.45, 7) is 5.10. The van der Waals surface area contributed by atoms with E-state index >= 15 is 0 Å². The first-order valence-electron chi connectivity index (χ1n) is 5.23. The average Bonchev–Trinajstić information content (AvgIpc) is 2.14. The molecule has 0 aliphatic rings. The van der Waals surface area contributed by atoms with Gasteiger partial charge in [-0.05, 0) is 31.4 Å². The quantitative estimate of drug-likeness (QED) is 0.772. The minimum absolute atomic E-state index is 0.646. The summed E-state index contributed by atoms with van der Waals surface area (Å²) in [5.41, 5.74) is 6.58. The predicted octanol–water partition coefficient (Wildman–Crippen LogP) is 1.57. The van der Waals surface area contributed by atoms with Crippen LogP contribution in [0.1, 0.15) is 31.8 Å². The molecule has 0 radical (unpaired) electrons. The summed E-state index contributed by atoms with van der Waals surface area (Å²) in [6, 6.07) is 1.99. The van der Waals surface area contributed by atoms with E-state index in [1.165, 1.54) is 0 Å². The third-order valence-corrected chi connectivity index (χ3v) is 1.99. The monoisotopic (exact) mass is 193 g/mol. The van der Waals surface area contributed by atoms with Crippen LogP contribution in [0.2, 0.25) is 0 Å². The fourth-order valence-electron chi connectivity index (χ4n) is 1.35. The Morgan fingerprint density at radius 1 is 1.43 bits per heavy atom. The first-order valence-corrected chi connectivity index (χ1v) is 5.23. The lowest BCUT2D eigenvalue weighted by Crippen LogP contribution is -2.05. The predicted molar refractivity (Wildman–Crippen MR) is 57.9 cm³/mol. The fraction of sp³-hybridized carbons (Fsp3) is 0.636. The maximum absolute atomic E-state index is 5.44. The highest BCUT2D eigenvalue weighted by atomic mass is 14.9. The summed E-state index contributed by atoms with van der Waals surface area (Å²) in [5.74, 6) is 1.57. The van der Waals surface area contributed by atoms with E-state index < -0.39 is 0 Å². The highest BCUT2D eigenvalue weighted by Crippen LogP contribution is 2.05. The molecule has 2 N–H and O–H groups in total. The number of hydrogen-bond donors (Lipinski definition) is 1. The summed E-state index contributed by atoms with van der Waals surface area (Å²) in [7, 11) is 0. The Morgan fingerprint density at radius 3 is 2.86 bits per heavy atom. The molecule has 0 spiro atoms. The van der Waals surface area contributed by atoms with Crippen molar-refractivity contribution in [2.75, 3.05) is 6.54 Å². The minimum atomic E-state index is 0.646. The van der Waals surface area contributed by atoms with Crippen molar-refractivity contribution >= 4 is 0 Å². The van der Waals surface area contributed by atoms with Crippen molar-refractivity contribution in [2.24, 2.45) is 11.7 Å². The number of aryl methyl sites for hydroxylation is 1. The average molecular weight is 193 g/mol. The summed E-state index contributed by atoms with van der Waals surface area (Å²) >= 11 is 0. The first-order chi connectivity index (χ1) is 6.72. The Bertz CT molecular complexity index is 271. The molecule has 0 fully saturated rings. The van der Waals surface area contributed by atoms with Gasteiger partial charge < -0.3 is 5.73 Å². The Kier molecular flexibility index (Phi) is 4.53. The van der Waals surface area contributed by atoms with Crippen LogP contribution in [0.3, 0.4) is 0 Å².